The van der Waals surface area contributed by atoms with E-state index in [1.54, 1.807) is 24.3 Å². The van der Waals surface area contributed by atoms with Crippen molar-refractivity contribution in [2.75, 3.05) is 13.7 Å². The molecule has 26 heavy (non-hydrogen) atoms. The Morgan fingerprint density at radius 1 is 1.19 bits per heavy atom. The first-order chi connectivity index (χ1) is 12.6. The largest absolute Gasteiger partial charge is 0.493 e. The highest BCUT2D eigenvalue weighted by Crippen LogP contribution is 2.29. The van der Waals surface area contributed by atoms with E-state index >= 15 is 0 Å². The fourth-order valence-corrected chi connectivity index (χ4v) is 2.31. The number of benzene rings is 2. The van der Waals surface area contributed by atoms with E-state index in [1.807, 2.05) is 30.3 Å². The highest BCUT2D eigenvalue weighted by Gasteiger charge is 2.24. The van der Waals surface area contributed by atoms with Crippen molar-refractivity contribution in [2.45, 2.75) is 0 Å². The number of esters is 1. The summed E-state index contributed by atoms with van der Waals surface area (Å²) in [7, 11) is 1.47. The summed E-state index contributed by atoms with van der Waals surface area (Å²) in [6.45, 7) is -0.256. The van der Waals surface area contributed by atoms with Gasteiger partial charge in [-0.1, -0.05) is 24.3 Å². The molecule has 0 fully saturated rings. The van der Waals surface area contributed by atoms with Gasteiger partial charge in [-0.05, 0) is 35.9 Å². The third kappa shape index (κ3) is 3.89. The third-order valence-electron chi connectivity index (χ3n) is 3.50. The summed E-state index contributed by atoms with van der Waals surface area (Å²) in [5.41, 5.74) is 6.63. The number of carbonyl (C=O) groups excluding carboxylic acids is 2. The molecule has 132 valence electrons. The van der Waals surface area contributed by atoms with E-state index in [4.69, 9.17) is 19.9 Å². The molecule has 0 aliphatic carbocycles. The summed E-state index contributed by atoms with van der Waals surface area (Å²) in [6.07, 6.45) is 1.58. The Bertz CT molecular complexity index is 903. The summed E-state index contributed by atoms with van der Waals surface area (Å²) in [6, 6.07) is 14.1. The summed E-state index contributed by atoms with van der Waals surface area (Å²) < 4.78 is 15.7. The number of amides is 1. The Morgan fingerprint density at radius 2 is 1.96 bits per heavy atom. The predicted octanol–water partition coefficient (Wildman–Crippen LogP) is 1.90. The van der Waals surface area contributed by atoms with Crippen molar-refractivity contribution in [1.29, 1.82) is 0 Å². The van der Waals surface area contributed by atoms with Gasteiger partial charge in [-0.3, -0.25) is 4.79 Å². The fraction of sp³-hybridized carbons (Fsp3) is 0.105. The van der Waals surface area contributed by atoms with Crippen LogP contribution in [0.3, 0.4) is 0 Å². The van der Waals surface area contributed by atoms with Crippen LogP contribution >= 0.6 is 0 Å². The summed E-state index contributed by atoms with van der Waals surface area (Å²) >= 11 is 0. The van der Waals surface area contributed by atoms with Crippen molar-refractivity contribution in [3.63, 3.8) is 0 Å². The number of ether oxygens (including phenoxy) is 3. The van der Waals surface area contributed by atoms with Crippen LogP contribution in [0.4, 0.5) is 0 Å². The Labute approximate surface area is 149 Å². The van der Waals surface area contributed by atoms with Gasteiger partial charge in [0.15, 0.2) is 23.8 Å². The Hall–Kier alpha value is -3.61. The molecular formula is C19H16N2O5. The molecule has 0 atom stereocenters. The Balaban J connectivity index is 1.86. The van der Waals surface area contributed by atoms with Crippen LogP contribution < -0.4 is 15.2 Å². The number of aliphatic imine (C=N–C) groups is 1. The number of nitrogens with zero attached hydrogens (tertiary/aromatic N) is 1. The van der Waals surface area contributed by atoms with Crippen LogP contribution in [0.15, 0.2) is 59.2 Å². The quantitative estimate of drug-likeness (QED) is 0.632. The number of cyclic esters (lactones) is 1. The molecule has 0 aromatic heterocycles. The summed E-state index contributed by atoms with van der Waals surface area (Å²) in [4.78, 5) is 27.1. The van der Waals surface area contributed by atoms with E-state index in [-0.39, 0.29) is 18.2 Å². The standard InChI is InChI=1S/C19H16N2O5/c1-24-16-10-12(7-8-15(16)25-11-17(20)22)9-14-19(23)26-18(21-14)13-5-3-2-4-6-13/h2-10H,11H2,1H3,(H2,20,22)/b14-9-. The first kappa shape index (κ1) is 17.2. The number of primary amides is 1. The van der Waals surface area contributed by atoms with Crippen LogP contribution in [-0.2, 0) is 14.3 Å². The minimum absolute atomic E-state index is 0.178. The van der Waals surface area contributed by atoms with Crippen molar-refractivity contribution >= 4 is 23.9 Å². The van der Waals surface area contributed by atoms with Crippen molar-refractivity contribution in [3.8, 4) is 11.5 Å². The van der Waals surface area contributed by atoms with Gasteiger partial charge >= 0.3 is 5.97 Å². The lowest BCUT2D eigenvalue weighted by molar-refractivity contribution is -0.130. The molecule has 2 aromatic rings. The van der Waals surface area contributed by atoms with Crippen LogP contribution in [-0.4, -0.2) is 31.5 Å². The SMILES string of the molecule is COc1cc(/C=C2\N=C(c3ccccc3)OC2=O)ccc1OCC(N)=O. The van der Waals surface area contributed by atoms with E-state index < -0.39 is 11.9 Å². The van der Waals surface area contributed by atoms with E-state index in [9.17, 15) is 9.59 Å². The maximum atomic E-state index is 12.0. The summed E-state index contributed by atoms with van der Waals surface area (Å²) in [5.74, 6) is -0.0861. The van der Waals surface area contributed by atoms with Gasteiger partial charge < -0.3 is 19.9 Å². The predicted molar refractivity (Wildman–Crippen MR) is 94.7 cm³/mol. The third-order valence-corrected chi connectivity index (χ3v) is 3.50. The molecule has 0 saturated heterocycles. The molecule has 0 spiro atoms. The Morgan fingerprint density at radius 3 is 2.65 bits per heavy atom. The zero-order chi connectivity index (χ0) is 18.5. The lowest BCUT2D eigenvalue weighted by atomic mass is 10.1. The van der Waals surface area contributed by atoms with Gasteiger partial charge in [0.1, 0.15) is 0 Å². The molecule has 0 bridgehead atoms. The van der Waals surface area contributed by atoms with Crippen LogP contribution in [0.2, 0.25) is 0 Å². The molecule has 0 unspecified atom stereocenters. The minimum Gasteiger partial charge on any atom is -0.493 e. The van der Waals surface area contributed by atoms with Crippen LogP contribution in [0, 0.1) is 0 Å². The number of methoxy groups -OCH3 is 1. The van der Waals surface area contributed by atoms with Gasteiger partial charge in [0.2, 0.25) is 5.90 Å². The topological polar surface area (TPSA) is 100 Å². The number of hydrogen-bond donors (Lipinski definition) is 1. The molecule has 1 heterocycles. The highest BCUT2D eigenvalue weighted by molar-refractivity contribution is 6.12. The van der Waals surface area contributed by atoms with E-state index in [2.05, 4.69) is 4.99 Å². The van der Waals surface area contributed by atoms with Crippen molar-refractivity contribution in [1.82, 2.24) is 0 Å². The van der Waals surface area contributed by atoms with Gasteiger partial charge in [-0.15, -0.1) is 0 Å². The van der Waals surface area contributed by atoms with Crippen LogP contribution in [0.1, 0.15) is 11.1 Å². The molecule has 7 heteroatoms. The van der Waals surface area contributed by atoms with Gasteiger partial charge in [0, 0.05) is 5.56 Å². The van der Waals surface area contributed by atoms with Gasteiger partial charge in [-0.2, -0.15) is 0 Å². The second-order valence-corrected chi connectivity index (χ2v) is 5.37. The molecule has 0 saturated carbocycles. The summed E-state index contributed by atoms with van der Waals surface area (Å²) in [5, 5.41) is 0. The second-order valence-electron chi connectivity index (χ2n) is 5.37. The zero-order valence-electron chi connectivity index (χ0n) is 14.0. The fourth-order valence-electron chi connectivity index (χ4n) is 2.31. The number of carbonyl (C=O) groups is 2. The van der Waals surface area contributed by atoms with Crippen molar-refractivity contribution in [2.24, 2.45) is 10.7 Å². The smallest absolute Gasteiger partial charge is 0.363 e. The molecule has 1 aliphatic heterocycles. The lowest BCUT2D eigenvalue weighted by Gasteiger charge is -2.09. The van der Waals surface area contributed by atoms with Crippen molar-refractivity contribution < 1.29 is 23.8 Å². The van der Waals surface area contributed by atoms with Crippen LogP contribution in [0.25, 0.3) is 6.08 Å². The van der Waals surface area contributed by atoms with Crippen molar-refractivity contribution in [3.05, 3.63) is 65.4 Å². The first-order valence-electron chi connectivity index (χ1n) is 7.74. The molecule has 2 N–H and O–H groups in total. The van der Waals surface area contributed by atoms with E-state index in [0.29, 0.717) is 17.1 Å². The molecular weight excluding hydrogens is 336 g/mol. The maximum absolute atomic E-state index is 12.0. The lowest BCUT2D eigenvalue weighted by Crippen LogP contribution is -2.20. The van der Waals surface area contributed by atoms with E-state index in [1.165, 1.54) is 7.11 Å². The average Bonchev–Trinajstić information content (AvgIpc) is 3.01. The number of nitrogens with two attached hydrogens (primary N) is 1. The number of rotatable bonds is 6. The van der Waals surface area contributed by atoms with E-state index in [0.717, 1.165) is 5.56 Å². The molecule has 1 amide bonds. The second kappa shape index (κ2) is 7.52. The van der Waals surface area contributed by atoms with Crippen LogP contribution in [0.5, 0.6) is 11.5 Å². The molecule has 7 nitrogen and oxygen atoms in total. The average molecular weight is 352 g/mol. The maximum Gasteiger partial charge on any atom is 0.363 e. The first-order valence-corrected chi connectivity index (χ1v) is 7.74. The monoisotopic (exact) mass is 352 g/mol. The minimum atomic E-state index is -0.588. The molecule has 1 aliphatic rings. The molecule has 2 aromatic carbocycles. The van der Waals surface area contributed by atoms with Gasteiger partial charge in [0.25, 0.3) is 5.91 Å². The number of hydrogen-bond acceptors (Lipinski definition) is 6. The van der Waals surface area contributed by atoms with Gasteiger partial charge in [0.05, 0.1) is 7.11 Å². The zero-order valence-corrected chi connectivity index (χ0v) is 14.0. The Kier molecular flexibility index (Phi) is 4.98. The normalized spacial score (nSPS) is 14.7. The molecule has 3 rings (SSSR count). The highest BCUT2D eigenvalue weighted by atomic mass is 16.6. The molecule has 0 radical (unpaired) electrons. The van der Waals surface area contributed by atoms with Gasteiger partial charge in [-0.25, -0.2) is 9.79 Å².